The predicted molar refractivity (Wildman–Crippen MR) is 50.2 cm³/mol. The molecular formula is C9H16N2O3. The van der Waals surface area contributed by atoms with Crippen LogP contribution in [0.4, 0.5) is 0 Å². The van der Waals surface area contributed by atoms with Gasteiger partial charge in [-0.2, -0.15) is 0 Å². The van der Waals surface area contributed by atoms with E-state index in [9.17, 15) is 9.59 Å². The van der Waals surface area contributed by atoms with Gasteiger partial charge in [0, 0.05) is 6.54 Å². The quantitative estimate of drug-likeness (QED) is 0.616. The van der Waals surface area contributed by atoms with E-state index in [1.165, 1.54) is 4.90 Å². The van der Waals surface area contributed by atoms with Gasteiger partial charge < -0.3 is 15.7 Å². The minimum absolute atomic E-state index is 0.148. The van der Waals surface area contributed by atoms with Crippen molar-refractivity contribution in [3.63, 3.8) is 0 Å². The molecule has 1 heterocycles. The summed E-state index contributed by atoms with van der Waals surface area (Å²) in [5.74, 6) is -0.971. The van der Waals surface area contributed by atoms with Crippen molar-refractivity contribution >= 4 is 11.8 Å². The van der Waals surface area contributed by atoms with Crippen molar-refractivity contribution in [3.8, 4) is 0 Å². The Labute approximate surface area is 82.9 Å². The Hall–Kier alpha value is -1.10. The fourth-order valence-corrected chi connectivity index (χ4v) is 1.82. The highest BCUT2D eigenvalue weighted by Gasteiger charge is 2.36. The van der Waals surface area contributed by atoms with Gasteiger partial charge >= 0.3 is 0 Å². The smallest absolute Gasteiger partial charge is 0.240 e. The third-order valence-electron chi connectivity index (χ3n) is 2.66. The van der Waals surface area contributed by atoms with E-state index in [4.69, 9.17) is 10.8 Å². The van der Waals surface area contributed by atoms with E-state index in [0.717, 1.165) is 0 Å². The lowest BCUT2D eigenvalue weighted by molar-refractivity contribution is -0.139. The van der Waals surface area contributed by atoms with Gasteiger partial charge in [-0.3, -0.25) is 9.59 Å². The van der Waals surface area contributed by atoms with Crippen LogP contribution in [0.1, 0.15) is 19.8 Å². The first-order chi connectivity index (χ1) is 6.61. The molecule has 0 radical (unpaired) electrons. The van der Waals surface area contributed by atoms with Gasteiger partial charge in [-0.05, 0) is 12.8 Å². The van der Waals surface area contributed by atoms with Crippen molar-refractivity contribution in [1.29, 1.82) is 0 Å². The van der Waals surface area contributed by atoms with Crippen molar-refractivity contribution in [2.45, 2.75) is 25.8 Å². The second-order valence-corrected chi connectivity index (χ2v) is 3.53. The number of carbonyl (C=O) groups is 2. The average Bonchev–Trinajstić information content (AvgIpc) is 2.49. The molecule has 0 aromatic carbocycles. The van der Waals surface area contributed by atoms with Crippen molar-refractivity contribution in [3.05, 3.63) is 0 Å². The highest BCUT2D eigenvalue weighted by atomic mass is 16.3. The van der Waals surface area contributed by atoms with Crippen molar-refractivity contribution in [1.82, 2.24) is 4.90 Å². The Bertz CT molecular complexity index is 242. The van der Waals surface area contributed by atoms with Gasteiger partial charge in [0.1, 0.15) is 6.04 Å². The summed E-state index contributed by atoms with van der Waals surface area (Å²) >= 11 is 0. The van der Waals surface area contributed by atoms with Crippen LogP contribution in [-0.2, 0) is 9.59 Å². The molecule has 1 fully saturated rings. The summed E-state index contributed by atoms with van der Waals surface area (Å²) in [4.78, 5) is 24.1. The molecule has 1 aliphatic rings. The summed E-state index contributed by atoms with van der Waals surface area (Å²) in [6, 6.07) is -0.515. The maximum Gasteiger partial charge on any atom is 0.240 e. The minimum Gasteiger partial charge on any atom is -0.396 e. The number of aliphatic hydroxyl groups excluding tert-OH is 1. The number of hydrogen-bond acceptors (Lipinski definition) is 3. The zero-order chi connectivity index (χ0) is 10.7. The molecule has 14 heavy (non-hydrogen) atoms. The van der Waals surface area contributed by atoms with E-state index < -0.39 is 11.9 Å². The van der Waals surface area contributed by atoms with Gasteiger partial charge in [-0.1, -0.05) is 6.92 Å². The summed E-state index contributed by atoms with van der Waals surface area (Å²) in [7, 11) is 0. The molecule has 5 heteroatoms. The van der Waals surface area contributed by atoms with Crippen LogP contribution in [-0.4, -0.2) is 41.0 Å². The van der Waals surface area contributed by atoms with Crippen LogP contribution in [0.2, 0.25) is 0 Å². The van der Waals surface area contributed by atoms with E-state index in [1.807, 2.05) is 6.92 Å². The second kappa shape index (κ2) is 4.41. The summed E-state index contributed by atoms with van der Waals surface area (Å²) in [6.07, 6.45) is 1.14. The lowest BCUT2D eigenvalue weighted by Crippen LogP contribution is -2.45. The van der Waals surface area contributed by atoms with Crippen molar-refractivity contribution in [2.75, 3.05) is 13.2 Å². The summed E-state index contributed by atoms with van der Waals surface area (Å²) in [6.45, 7) is 2.19. The monoisotopic (exact) mass is 200 g/mol. The van der Waals surface area contributed by atoms with E-state index >= 15 is 0 Å². The van der Waals surface area contributed by atoms with Gasteiger partial charge in [-0.25, -0.2) is 0 Å². The van der Waals surface area contributed by atoms with Crippen LogP contribution in [0.15, 0.2) is 0 Å². The first-order valence-electron chi connectivity index (χ1n) is 4.82. The Morgan fingerprint density at radius 2 is 2.43 bits per heavy atom. The Kier molecular flexibility index (Phi) is 3.46. The molecule has 0 aromatic heterocycles. The number of hydrogen-bond donors (Lipinski definition) is 2. The topological polar surface area (TPSA) is 83.6 Å². The van der Waals surface area contributed by atoms with E-state index in [-0.39, 0.29) is 18.4 Å². The largest absolute Gasteiger partial charge is 0.396 e. The molecule has 1 aliphatic heterocycles. The van der Waals surface area contributed by atoms with Crippen LogP contribution >= 0.6 is 0 Å². The molecule has 2 amide bonds. The highest BCUT2D eigenvalue weighted by Crippen LogP contribution is 2.20. The Morgan fingerprint density at radius 3 is 2.79 bits per heavy atom. The molecule has 0 saturated carbocycles. The van der Waals surface area contributed by atoms with Crippen molar-refractivity contribution in [2.24, 2.45) is 11.7 Å². The molecule has 0 aliphatic carbocycles. The minimum atomic E-state index is -0.515. The number of primary amides is 1. The number of aliphatic hydroxyl groups is 1. The third-order valence-corrected chi connectivity index (χ3v) is 2.66. The van der Waals surface area contributed by atoms with Crippen LogP contribution in [0.5, 0.6) is 0 Å². The zero-order valence-electron chi connectivity index (χ0n) is 8.27. The molecule has 2 atom stereocenters. The Morgan fingerprint density at radius 1 is 1.79 bits per heavy atom. The summed E-state index contributed by atoms with van der Waals surface area (Å²) in [5.41, 5.74) is 5.18. The first-order valence-corrected chi connectivity index (χ1v) is 4.82. The van der Waals surface area contributed by atoms with E-state index in [0.29, 0.717) is 19.4 Å². The number of amides is 2. The highest BCUT2D eigenvalue weighted by molar-refractivity contribution is 5.88. The Balaban J connectivity index is 2.70. The molecule has 1 unspecified atom stereocenters. The lowest BCUT2D eigenvalue weighted by Gasteiger charge is -2.24. The normalized spacial score (nSPS) is 24.0. The van der Waals surface area contributed by atoms with Gasteiger partial charge in [0.05, 0.1) is 12.5 Å². The SMILES string of the molecule is CC[C@@H](C(N)=O)N1CCC(CO)C1=O. The van der Waals surface area contributed by atoms with Gasteiger partial charge in [0.25, 0.3) is 0 Å². The number of nitrogens with zero attached hydrogens (tertiary/aromatic N) is 1. The summed E-state index contributed by atoms with van der Waals surface area (Å²) < 4.78 is 0. The van der Waals surface area contributed by atoms with Gasteiger partial charge in [0.2, 0.25) is 11.8 Å². The predicted octanol–water partition coefficient (Wildman–Crippen LogP) is -0.909. The molecule has 0 aromatic rings. The molecule has 1 rings (SSSR count). The standard InChI is InChI=1S/C9H16N2O3/c1-2-7(8(10)13)11-4-3-6(5-12)9(11)14/h6-7,12H,2-5H2,1H3,(H2,10,13)/t6?,7-/m0/s1. The number of nitrogens with two attached hydrogens (primary N) is 1. The molecule has 1 saturated heterocycles. The lowest BCUT2D eigenvalue weighted by atomic mass is 10.1. The molecule has 5 nitrogen and oxygen atoms in total. The molecule has 0 spiro atoms. The molecule has 3 N–H and O–H groups in total. The summed E-state index contributed by atoms with van der Waals surface area (Å²) in [5, 5.41) is 8.88. The average molecular weight is 200 g/mol. The zero-order valence-corrected chi connectivity index (χ0v) is 8.27. The molecular weight excluding hydrogens is 184 g/mol. The maximum absolute atomic E-state index is 11.6. The number of likely N-dealkylation sites (tertiary alicyclic amines) is 1. The van der Waals surface area contributed by atoms with Crippen LogP contribution < -0.4 is 5.73 Å². The van der Waals surface area contributed by atoms with Crippen LogP contribution in [0, 0.1) is 5.92 Å². The fraction of sp³-hybridized carbons (Fsp3) is 0.778. The van der Waals surface area contributed by atoms with Gasteiger partial charge in [0.15, 0.2) is 0 Å². The van der Waals surface area contributed by atoms with Crippen LogP contribution in [0.3, 0.4) is 0 Å². The number of rotatable bonds is 4. The maximum atomic E-state index is 11.6. The van der Waals surface area contributed by atoms with Gasteiger partial charge in [-0.15, -0.1) is 0 Å². The second-order valence-electron chi connectivity index (χ2n) is 3.53. The van der Waals surface area contributed by atoms with E-state index in [2.05, 4.69) is 0 Å². The first kappa shape index (κ1) is 11.0. The third kappa shape index (κ3) is 1.87. The number of carbonyl (C=O) groups excluding carboxylic acids is 2. The molecule has 80 valence electrons. The van der Waals surface area contributed by atoms with Crippen molar-refractivity contribution < 1.29 is 14.7 Å². The fourth-order valence-electron chi connectivity index (χ4n) is 1.82. The molecule has 0 bridgehead atoms. The van der Waals surface area contributed by atoms with E-state index in [1.54, 1.807) is 0 Å². The van der Waals surface area contributed by atoms with Crippen LogP contribution in [0.25, 0.3) is 0 Å².